The second kappa shape index (κ2) is 12.6. The van der Waals surface area contributed by atoms with Crippen LogP contribution in [0.2, 0.25) is 0 Å². The molecule has 1 N–H and O–H groups in total. The van der Waals surface area contributed by atoms with E-state index in [1.165, 1.54) is 11.4 Å². The lowest BCUT2D eigenvalue weighted by atomic mass is 9.82. The zero-order valence-electron chi connectivity index (χ0n) is 25.4. The van der Waals surface area contributed by atoms with E-state index in [9.17, 15) is 9.90 Å². The maximum absolute atomic E-state index is 12.5. The standard InChI is InChI=1S/C34H47N3O2/c1-22(2)36(23(3)4)28-15-11-26(12-16-28)33(31-20-19-30(35(9)10)21-32(31)34(38)39)27-13-17-29(18-14-27)37(24(5)6)25(7)8/h11-25,33H,1-10H3,(H,38,39). The van der Waals surface area contributed by atoms with E-state index in [0.29, 0.717) is 29.7 Å². The molecule has 0 fully saturated rings. The SMILES string of the molecule is CC(C)N(c1ccc(C(c2ccc(N(C(C)C)C(C)C)cc2)c2ccc(N(C)C)cc2C(=O)O)cc1)C(C)C. The van der Waals surface area contributed by atoms with Gasteiger partial charge in [0.25, 0.3) is 0 Å². The first kappa shape index (κ1) is 30.1. The third kappa shape index (κ3) is 6.76. The molecule has 3 aromatic carbocycles. The van der Waals surface area contributed by atoms with Crippen molar-refractivity contribution in [3.63, 3.8) is 0 Å². The molecule has 39 heavy (non-hydrogen) atoms. The summed E-state index contributed by atoms with van der Waals surface area (Å²) >= 11 is 0. The Morgan fingerprint density at radius 3 is 1.26 bits per heavy atom. The molecule has 5 heteroatoms. The number of carboxylic acid groups (broad SMARTS) is 1. The van der Waals surface area contributed by atoms with E-state index in [1.54, 1.807) is 6.07 Å². The molecule has 5 nitrogen and oxygen atoms in total. The summed E-state index contributed by atoms with van der Waals surface area (Å²) in [5, 5.41) is 10.3. The van der Waals surface area contributed by atoms with Gasteiger partial charge >= 0.3 is 5.97 Å². The molecule has 0 aliphatic heterocycles. The largest absolute Gasteiger partial charge is 0.478 e. The van der Waals surface area contributed by atoms with Gasteiger partial charge in [-0.15, -0.1) is 0 Å². The van der Waals surface area contributed by atoms with Gasteiger partial charge in [-0.1, -0.05) is 30.3 Å². The van der Waals surface area contributed by atoms with E-state index < -0.39 is 5.97 Å². The Hall–Kier alpha value is -3.47. The highest BCUT2D eigenvalue weighted by Gasteiger charge is 2.25. The van der Waals surface area contributed by atoms with E-state index >= 15 is 0 Å². The molecular formula is C34H47N3O2. The van der Waals surface area contributed by atoms with Crippen molar-refractivity contribution in [1.29, 1.82) is 0 Å². The molecule has 0 heterocycles. The minimum absolute atomic E-state index is 0.214. The van der Waals surface area contributed by atoms with Crippen molar-refractivity contribution in [3.05, 3.63) is 89.0 Å². The number of aromatic carboxylic acids is 1. The first-order valence-electron chi connectivity index (χ1n) is 14.1. The lowest BCUT2D eigenvalue weighted by molar-refractivity contribution is 0.0695. The molecule has 0 radical (unpaired) electrons. The second-order valence-corrected chi connectivity index (χ2v) is 11.8. The Balaban J connectivity index is 2.19. The van der Waals surface area contributed by atoms with Gasteiger partial charge in [0, 0.05) is 61.2 Å². The van der Waals surface area contributed by atoms with E-state index in [0.717, 1.165) is 22.4 Å². The lowest BCUT2D eigenvalue weighted by Crippen LogP contribution is -2.37. The van der Waals surface area contributed by atoms with Gasteiger partial charge in [-0.3, -0.25) is 0 Å². The normalized spacial score (nSPS) is 11.7. The van der Waals surface area contributed by atoms with E-state index in [-0.39, 0.29) is 5.92 Å². The monoisotopic (exact) mass is 529 g/mol. The molecule has 0 bridgehead atoms. The van der Waals surface area contributed by atoms with Gasteiger partial charge < -0.3 is 19.8 Å². The highest BCUT2D eigenvalue weighted by molar-refractivity contribution is 5.91. The summed E-state index contributed by atoms with van der Waals surface area (Å²) in [6, 6.07) is 24.6. The number of anilines is 3. The third-order valence-electron chi connectivity index (χ3n) is 7.37. The number of carboxylic acids is 1. The Morgan fingerprint density at radius 1 is 0.590 bits per heavy atom. The predicted molar refractivity (Wildman–Crippen MR) is 167 cm³/mol. The molecule has 0 aliphatic carbocycles. The van der Waals surface area contributed by atoms with Gasteiger partial charge in [0.15, 0.2) is 0 Å². The Morgan fingerprint density at radius 2 is 0.949 bits per heavy atom. The molecular weight excluding hydrogens is 482 g/mol. The third-order valence-corrected chi connectivity index (χ3v) is 7.37. The van der Waals surface area contributed by atoms with Crippen LogP contribution < -0.4 is 14.7 Å². The summed E-state index contributed by atoms with van der Waals surface area (Å²) in [6.07, 6.45) is 0. The van der Waals surface area contributed by atoms with Gasteiger partial charge in [-0.05, 0) is 108 Å². The fourth-order valence-electron chi connectivity index (χ4n) is 5.87. The van der Waals surface area contributed by atoms with Crippen molar-refractivity contribution in [2.75, 3.05) is 28.8 Å². The van der Waals surface area contributed by atoms with Crippen molar-refractivity contribution >= 4 is 23.0 Å². The maximum atomic E-state index is 12.5. The minimum Gasteiger partial charge on any atom is -0.478 e. The molecule has 0 saturated heterocycles. The summed E-state index contributed by atoms with van der Waals surface area (Å²) in [4.78, 5) is 19.3. The summed E-state index contributed by atoms with van der Waals surface area (Å²) in [5.41, 5.74) is 6.48. The van der Waals surface area contributed by atoms with Crippen molar-refractivity contribution in [2.45, 2.75) is 85.5 Å². The van der Waals surface area contributed by atoms with Crippen LogP contribution in [0.15, 0.2) is 66.7 Å². The maximum Gasteiger partial charge on any atom is 0.336 e. The van der Waals surface area contributed by atoms with Crippen LogP contribution in [0.25, 0.3) is 0 Å². The molecule has 0 amide bonds. The van der Waals surface area contributed by atoms with Gasteiger partial charge in [0.2, 0.25) is 0 Å². The van der Waals surface area contributed by atoms with Crippen LogP contribution in [0, 0.1) is 0 Å². The number of hydrogen-bond donors (Lipinski definition) is 1. The highest BCUT2D eigenvalue weighted by Crippen LogP contribution is 2.37. The molecule has 0 saturated carbocycles. The molecule has 0 atom stereocenters. The van der Waals surface area contributed by atoms with E-state index in [4.69, 9.17) is 0 Å². The van der Waals surface area contributed by atoms with E-state index in [1.807, 2.05) is 31.1 Å². The quantitative estimate of drug-likeness (QED) is 0.256. The average Bonchev–Trinajstić information content (AvgIpc) is 2.85. The minimum atomic E-state index is -0.913. The molecule has 0 spiro atoms. The van der Waals surface area contributed by atoms with Crippen LogP contribution in [0.1, 0.15) is 88.4 Å². The molecule has 3 rings (SSSR count). The van der Waals surface area contributed by atoms with Crippen molar-refractivity contribution in [1.82, 2.24) is 0 Å². The highest BCUT2D eigenvalue weighted by atomic mass is 16.4. The average molecular weight is 530 g/mol. The summed E-state index contributed by atoms with van der Waals surface area (Å²) in [7, 11) is 3.86. The summed E-state index contributed by atoms with van der Waals surface area (Å²) < 4.78 is 0. The lowest BCUT2D eigenvalue weighted by Gasteiger charge is -2.34. The first-order chi connectivity index (χ1) is 18.3. The van der Waals surface area contributed by atoms with Gasteiger partial charge in [0.1, 0.15) is 0 Å². The Bertz CT molecular complexity index is 1150. The molecule has 0 unspecified atom stereocenters. The number of hydrogen-bond acceptors (Lipinski definition) is 4. The van der Waals surface area contributed by atoms with Crippen LogP contribution in [0.4, 0.5) is 17.1 Å². The van der Waals surface area contributed by atoms with Crippen LogP contribution in [0.3, 0.4) is 0 Å². The Labute approximate surface area is 236 Å². The first-order valence-corrected chi connectivity index (χ1v) is 14.1. The van der Waals surface area contributed by atoms with Gasteiger partial charge in [-0.2, -0.15) is 0 Å². The van der Waals surface area contributed by atoms with E-state index in [2.05, 4.69) is 114 Å². The van der Waals surface area contributed by atoms with Crippen LogP contribution in [-0.2, 0) is 0 Å². The van der Waals surface area contributed by atoms with Crippen molar-refractivity contribution in [2.24, 2.45) is 0 Å². The number of carbonyl (C=O) groups is 1. The van der Waals surface area contributed by atoms with Crippen molar-refractivity contribution < 1.29 is 9.90 Å². The molecule has 210 valence electrons. The van der Waals surface area contributed by atoms with Gasteiger partial charge in [-0.25, -0.2) is 4.79 Å². The van der Waals surface area contributed by atoms with Gasteiger partial charge in [0.05, 0.1) is 5.56 Å². The predicted octanol–water partition coefficient (Wildman–Crippen LogP) is 7.88. The second-order valence-electron chi connectivity index (χ2n) is 11.8. The summed E-state index contributed by atoms with van der Waals surface area (Å²) in [6.45, 7) is 17.7. The molecule has 3 aromatic rings. The topological polar surface area (TPSA) is 47.0 Å². The number of rotatable bonds is 11. The number of benzene rings is 3. The number of nitrogens with zero attached hydrogens (tertiary/aromatic N) is 3. The zero-order valence-corrected chi connectivity index (χ0v) is 25.4. The van der Waals surface area contributed by atoms with Crippen molar-refractivity contribution in [3.8, 4) is 0 Å². The summed E-state index contributed by atoms with van der Waals surface area (Å²) in [5.74, 6) is -1.13. The molecule has 0 aliphatic rings. The fraction of sp³-hybridized carbons (Fsp3) is 0.441. The van der Waals surface area contributed by atoms with Crippen LogP contribution in [-0.4, -0.2) is 49.3 Å². The zero-order chi connectivity index (χ0) is 29.0. The van der Waals surface area contributed by atoms with Crippen LogP contribution >= 0.6 is 0 Å². The smallest absolute Gasteiger partial charge is 0.336 e. The van der Waals surface area contributed by atoms with Crippen LogP contribution in [0.5, 0.6) is 0 Å². The Kier molecular flexibility index (Phi) is 9.71. The molecule has 0 aromatic heterocycles. The fourth-order valence-corrected chi connectivity index (χ4v) is 5.87.